The van der Waals surface area contributed by atoms with E-state index in [4.69, 9.17) is 34.8 Å². The largest absolute Gasteiger partial charge is 0.305 e. The van der Waals surface area contributed by atoms with Crippen molar-refractivity contribution in [2.24, 2.45) is 0 Å². The van der Waals surface area contributed by atoms with E-state index in [0.717, 1.165) is 0 Å². The molecule has 0 unspecified atom stereocenters. The number of halogens is 5. The van der Waals surface area contributed by atoms with Crippen molar-refractivity contribution in [3.8, 4) is 0 Å². The molecule has 0 aromatic heterocycles. The minimum absolute atomic E-state index is 0.0492. The van der Waals surface area contributed by atoms with Crippen molar-refractivity contribution in [1.82, 2.24) is 4.83 Å². The van der Waals surface area contributed by atoms with Gasteiger partial charge in [-0.25, -0.2) is 17.2 Å². The Balaban J connectivity index is 2.27. The van der Waals surface area contributed by atoms with Gasteiger partial charge in [0.25, 0.3) is 10.0 Å². The van der Waals surface area contributed by atoms with Crippen molar-refractivity contribution < 1.29 is 17.2 Å². The van der Waals surface area contributed by atoms with Gasteiger partial charge in [0, 0.05) is 11.1 Å². The Morgan fingerprint density at radius 1 is 0.864 bits per heavy atom. The van der Waals surface area contributed by atoms with Gasteiger partial charge >= 0.3 is 0 Å². The molecular weight excluding hydrogens is 381 g/mol. The number of nitrogens with one attached hydrogen (secondary N) is 2. The zero-order valence-electron chi connectivity index (χ0n) is 10.5. The van der Waals surface area contributed by atoms with Crippen molar-refractivity contribution >= 4 is 50.5 Å². The first-order chi connectivity index (χ1) is 10.2. The molecule has 2 N–H and O–H groups in total. The fraction of sp³-hybridized carbons (Fsp3) is 0. The van der Waals surface area contributed by atoms with Gasteiger partial charge < -0.3 is 5.43 Å². The Labute approximate surface area is 140 Å². The van der Waals surface area contributed by atoms with Crippen LogP contribution in [0.1, 0.15) is 0 Å². The normalized spacial score (nSPS) is 11.5. The number of anilines is 1. The molecule has 0 aliphatic rings. The van der Waals surface area contributed by atoms with Gasteiger partial charge in [-0.15, -0.1) is 4.83 Å². The Morgan fingerprint density at radius 3 is 1.86 bits per heavy atom. The summed E-state index contributed by atoms with van der Waals surface area (Å²) in [6.07, 6.45) is 0. The molecule has 0 saturated heterocycles. The van der Waals surface area contributed by atoms with Crippen molar-refractivity contribution in [1.29, 1.82) is 0 Å². The monoisotopic (exact) mass is 386 g/mol. The molecule has 0 radical (unpaired) electrons. The summed E-state index contributed by atoms with van der Waals surface area (Å²) in [6, 6.07) is 4.57. The molecule has 0 bridgehead atoms. The Bertz CT molecular complexity index is 788. The molecule has 0 aliphatic carbocycles. The molecule has 0 aliphatic heterocycles. The van der Waals surface area contributed by atoms with Crippen LogP contribution in [-0.2, 0) is 10.0 Å². The van der Waals surface area contributed by atoms with Crippen molar-refractivity contribution in [3.63, 3.8) is 0 Å². The molecule has 2 rings (SSSR count). The van der Waals surface area contributed by atoms with Gasteiger partial charge in [0.15, 0.2) is 0 Å². The van der Waals surface area contributed by atoms with Crippen LogP contribution in [0.4, 0.5) is 14.5 Å². The average Bonchev–Trinajstić information content (AvgIpc) is 2.36. The number of benzene rings is 2. The third kappa shape index (κ3) is 3.99. The molecule has 0 spiro atoms. The van der Waals surface area contributed by atoms with Gasteiger partial charge in [0.1, 0.15) is 11.6 Å². The van der Waals surface area contributed by atoms with E-state index in [0.29, 0.717) is 18.2 Å². The van der Waals surface area contributed by atoms with Gasteiger partial charge in [0.05, 0.1) is 20.6 Å². The zero-order chi connectivity index (χ0) is 16.5. The fourth-order valence-corrected chi connectivity index (χ4v) is 3.32. The molecule has 2 aromatic carbocycles. The third-order valence-corrected chi connectivity index (χ3v) is 4.51. The second kappa shape index (κ2) is 6.55. The van der Waals surface area contributed by atoms with E-state index >= 15 is 0 Å². The van der Waals surface area contributed by atoms with Gasteiger partial charge in [-0.3, -0.25) is 0 Å². The lowest BCUT2D eigenvalue weighted by Crippen LogP contribution is -2.30. The topological polar surface area (TPSA) is 58.2 Å². The first kappa shape index (κ1) is 17.2. The summed E-state index contributed by atoms with van der Waals surface area (Å²) in [6.45, 7) is 0. The molecule has 4 nitrogen and oxygen atoms in total. The van der Waals surface area contributed by atoms with Crippen LogP contribution in [0.2, 0.25) is 15.1 Å². The minimum atomic E-state index is -4.24. The van der Waals surface area contributed by atoms with Crippen LogP contribution in [0.15, 0.2) is 35.2 Å². The van der Waals surface area contributed by atoms with Crippen molar-refractivity contribution in [2.75, 3.05) is 5.43 Å². The molecule has 0 fully saturated rings. The Hall–Kier alpha value is -1.12. The van der Waals surface area contributed by atoms with E-state index in [1.54, 1.807) is 0 Å². The Kier molecular flexibility index (Phi) is 5.14. The van der Waals surface area contributed by atoms with Crippen LogP contribution in [0.5, 0.6) is 0 Å². The number of hydrazine groups is 1. The maximum absolute atomic E-state index is 13.1. The van der Waals surface area contributed by atoms with Gasteiger partial charge in [0.2, 0.25) is 0 Å². The standard InChI is InChI=1S/C12H7Cl3F2N2O2S/c13-6-1-10(14)12(11(15)2-6)18-19-22(20,21)9-4-7(16)3-8(17)5-9/h1-5,18-19H. The summed E-state index contributed by atoms with van der Waals surface area (Å²) >= 11 is 17.5. The number of sulfonamides is 1. The van der Waals surface area contributed by atoms with Gasteiger partial charge in [-0.2, -0.15) is 0 Å². The van der Waals surface area contributed by atoms with Crippen LogP contribution < -0.4 is 10.3 Å². The van der Waals surface area contributed by atoms with E-state index < -0.39 is 26.6 Å². The molecule has 22 heavy (non-hydrogen) atoms. The molecule has 2 aromatic rings. The second-order valence-corrected chi connectivity index (χ2v) is 7.01. The van der Waals surface area contributed by atoms with Crippen LogP contribution in [0.3, 0.4) is 0 Å². The first-order valence-electron chi connectivity index (χ1n) is 5.57. The molecule has 0 atom stereocenters. The van der Waals surface area contributed by atoms with Crippen molar-refractivity contribution in [2.45, 2.75) is 4.90 Å². The molecule has 10 heteroatoms. The predicted molar refractivity (Wildman–Crippen MR) is 81.8 cm³/mol. The number of hydrogen-bond donors (Lipinski definition) is 2. The average molecular weight is 388 g/mol. The first-order valence-corrected chi connectivity index (χ1v) is 8.19. The smallest absolute Gasteiger partial charge is 0.257 e. The van der Waals surface area contributed by atoms with E-state index in [9.17, 15) is 17.2 Å². The zero-order valence-corrected chi connectivity index (χ0v) is 13.6. The SMILES string of the molecule is O=S(=O)(NNc1c(Cl)cc(Cl)cc1Cl)c1cc(F)cc(F)c1. The second-order valence-electron chi connectivity index (χ2n) is 4.08. The van der Waals surface area contributed by atoms with E-state index in [1.807, 2.05) is 4.83 Å². The summed E-state index contributed by atoms with van der Waals surface area (Å²) in [5, 5.41) is 0.381. The van der Waals surface area contributed by atoms with Gasteiger partial charge in [-0.1, -0.05) is 34.8 Å². The molecule has 0 saturated carbocycles. The highest BCUT2D eigenvalue weighted by Crippen LogP contribution is 2.33. The lowest BCUT2D eigenvalue weighted by molar-refractivity contribution is 0.564. The quantitative estimate of drug-likeness (QED) is 0.772. The van der Waals surface area contributed by atoms with Crippen LogP contribution >= 0.6 is 34.8 Å². The van der Waals surface area contributed by atoms with Crippen LogP contribution in [-0.4, -0.2) is 8.42 Å². The highest BCUT2D eigenvalue weighted by molar-refractivity contribution is 7.89. The lowest BCUT2D eigenvalue weighted by Gasteiger charge is -2.12. The molecule has 0 amide bonds. The number of rotatable bonds is 4. The third-order valence-electron chi connectivity index (χ3n) is 2.46. The highest BCUT2D eigenvalue weighted by atomic mass is 35.5. The maximum Gasteiger partial charge on any atom is 0.257 e. The summed E-state index contributed by atoms with van der Waals surface area (Å²) < 4.78 is 50.1. The molecule has 118 valence electrons. The Morgan fingerprint density at radius 2 is 1.36 bits per heavy atom. The summed E-state index contributed by atoms with van der Waals surface area (Å²) in [7, 11) is -4.24. The summed E-state index contributed by atoms with van der Waals surface area (Å²) in [5.74, 6) is -2.05. The van der Waals surface area contributed by atoms with E-state index in [2.05, 4.69) is 5.43 Å². The lowest BCUT2D eigenvalue weighted by atomic mass is 10.3. The number of hydrogen-bond acceptors (Lipinski definition) is 3. The molecule has 0 heterocycles. The van der Waals surface area contributed by atoms with Crippen LogP contribution in [0.25, 0.3) is 0 Å². The van der Waals surface area contributed by atoms with E-state index in [1.165, 1.54) is 12.1 Å². The molecular formula is C12H7Cl3F2N2O2S. The minimum Gasteiger partial charge on any atom is -0.305 e. The maximum atomic E-state index is 13.1. The summed E-state index contributed by atoms with van der Waals surface area (Å²) in [5.41, 5.74) is 2.33. The van der Waals surface area contributed by atoms with Crippen molar-refractivity contribution in [3.05, 3.63) is 57.0 Å². The fourth-order valence-electron chi connectivity index (χ4n) is 1.52. The predicted octanol–water partition coefficient (Wildman–Crippen LogP) is 4.23. The van der Waals surface area contributed by atoms with Gasteiger partial charge in [-0.05, 0) is 24.3 Å². The van der Waals surface area contributed by atoms with Crippen LogP contribution in [0, 0.1) is 11.6 Å². The van der Waals surface area contributed by atoms with E-state index in [-0.39, 0.29) is 20.8 Å². The summed E-state index contributed by atoms with van der Waals surface area (Å²) in [4.78, 5) is 1.33. The highest BCUT2D eigenvalue weighted by Gasteiger charge is 2.17.